The third-order valence-corrected chi connectivity index (χ3v) is 5.72. The molecule has 4 rings (SSSR count). The monoisotopic (exact) mass is 360 g/mol. The zero-order valence-electron chi connectivity index (χ0n) is 13.5. The second-order valence-corrected chi connectivity index (χ2v) is 7.47. The zero-order valence-corrected chi connectivity index (χ0v) is 15.1. The summed E-state index contributed by atoms with van der Waals surface area (Å²) in [7, 11) is 0. The molecule has 25 heavy (non-hydrogen) atoms. The standard InChI is InChI=1S/C22H16OS2/c1-3-9-17(10-4-1)23-20-15-16-24-22(20)19-13-7-8-14-21(19)25-18-11-5-2-6-12-18/h1-16H. The molecule has 1 aromatic heterocycles. The van der Waals surface area contributed by atoms with Gasteiger partial charge in [-0.2, -0.15) is 0 Å². The molecule has 0 bridgehead atoms. The minimum absolute atomic E-state index is 0.857. The summed E-state index contributed by atoms with van der Waals surface area (Å²) in [6.07, 6.45) is 0. The maximum Gasteiger partial charge on any atom is 0.146 e. The van der Waals surface area contributed by atoms with Gasteiger partial charge in [0.15, 0.2) is 0 Å². The van der Waals surface area contributed by atoms with Gasteiger partial charge in [0.25, 0.3) is 0 Å². The molecular formula is C22H16OS2. The molecule has 0 saturated carbocycles. The van der Waals surface area contributed by atoms with E-state index in [0.29, 0.717) is 0 Å². The van der Waals surface area contributed by atoms with Gasteiger partial charge in [-0.1, -0.05) is 66.4 Å². The van der Waals surface area contributed by atoms with Crippen molar-refractivity contribution in [1.29, 1.82) is 0 Å². The lowest BCUT2D eigenvalue weighted by Crippen LogP contribution is -1.85. The Morgan fingerprint density at radius 3 is 2.16 bits per heavy atom. The van der Waals surface area contributed by atoms with Crippen molar-refractivity contribution in [1.82, 2.24) is 0 Å². The van der Waals surface area contributed by atoms with E-state index in [0.717, 1.165) is 16.4 Å². The molecule has 0 saturated heterocycles. The summed E-state index contributed by atoms with van der Waals surface area (Å²) in [5, 5.41) is 2.08. The van der Waals surface area contributed by atoms with E-state index in [4.69, 9.17) is 4.74 Å². The Balaban J connectivity index is 1.68. The second-order valence-electron chi connectivity index (χ2n) is 5.44. The predicted octanol–water partition coefficient (Wildman–Crippen LogP) is 7.36. The number of thiophene rings is 1. The lowest BCUT2D eigenvalue weighted by Gasteiger charge is -2.11. The summed E-state index contributed by atoms with van der Waals surface area (Å²) < 4.78 is 6.11. The first kappa shape index (κ1) is 16.0. The van der Waals surface area contributed by atoms with E-state index < -0.39 is 0 Å². The van der Waals surface area contributed by atoms with E-state index in [2.05, 4.69) is 53.9 Å². The summed E-state index contributed by atoms with van der Waals surface area (Å²) in [4.78, 5) is 3.62. The highest BCUT2D eigenvalue weighted by Gasteiger charge is 2.13. The Bertz CT molecular complexity index is 946. The molecule has 0 atom stereocenters. The van der Waals surface area contributed by atoms with Gasteiger partial charge in [-0.25, -0.2) is 0 Å². The van der Waals surface area contributed by atoms with Crippen LogP contribution in [0.5, 0.6) is 11.5 Å². The van der Waals surface area contributed by atoms with E-state index in [-0.39, 0.29) is 0 Å². The van der Waals surface area contributed by atoms with Crippen molar-refractivity contribution in [3.8, 4) is 21.9 Å². The molecular weight excluding hydrogens is 344 g/mol. The number of ether oxygens (including phenoxy) is 1. The fourth-order valence-electron chi connectivity index (χ4n) is 2.55. The predicted molar refractivity (Wildman–Crippen MR) is 107 cm³/mol. The van der Waals surface area contributed by atoms with Gasteiger partial charge >= 0.3 is 0 Å². The maximum atomic E-state index is 6.11. The number of hydrogen-bond acceptors (Lipinski definition) is 3. The van der Waals surface area contributed by atoms with Gasteiger partial charge in [0, 0.05) is 15.4 Å². The van der Waals surface area contributed by atoms with E-state index in [9.17, 15) is 0 Å². The van der Waals surface area contributed by atoms with Crippen LogP contribution in [0.15, 0.2) is 106 Å². The number of hydrogen-bond donors (Lipinski definition) is 0. The quantitative estimate of drug-likeness (QED) is 0.368. The lowest BCUT2D eigenvalue weighted by molar-refractivity contribution is 0.486. The van der Waals surface area contributed by atoms with Crippen molar-refractivity contribution >= 4 is 23.1 Å². The van der Waals surface area contributed by atoms with E-state index in [1.54, 1.807) is 23.1 Å². The molecule has 1 nitrogen and oxygen atoms in total. The highest BCUT2D eigenvalue weighted by Crippen LogP contribution is 2.43. The van der Waals surface area contributed by atoms with Crippen LogP contribution in [0.4, 0.5) is 0 Å². The molecule has 0 radical (unpaired) electrons. The minimum atomic E-state index is 0.857. The Kier molecular flexibility index (Phi) is 4.86. The van der Waals surface area contributed by atoms with Gasteiger partial charge in [0.1, 0.15) is 11.5 Å². The third kappa shape index (κ3) is 3.78. The highest BCUT2D eigenvalue weighted by molar-refractivity contribution is 7.99. The second kappa shape index (κ2) is 7.60. The largest absolute Gasteiger partial charge is 0.456 e. The molecule has 0 spiro atoms. The van der Waals surface area contributed by atoms with Gasteiger partial charge < -0.3 is 4.74 Å². The summed E-state index contributed by atoms with van der Waals surface area (Å²) in [6, 6.07) is 30.9. The summed E-state index contributed by atoms with van der Waals surface area (Å²) >= 11 is 3.49. The summed E-state index contributed by atoms with van der Waals surface area (Å²) in [6.45, 7) is 0. The smallest absolute Gasteiger partial charge is 0.146 e. The average molecular weight is 361 g/mol. The lowest BCUT2D eigenvalue weighted by atomic mass is 10.2. The van der Waals surface area contributed by atoms with Crippen LogP contribution in [0, 0.1) is 0 Å². The number of para-hydroxylation sites is 1. The Labute approximate surface area is 155 Å². The molecule has 3 aromatic carbocycles. The Morgan fingerprint density at radius 1 is 0.680 bits per heavy atom. The van der Waals surface area contributed by atoms with Gasteiger partial charge in [-0.15, -0.1) is 11.3 Å². The molecule has 3 heteroatoms. The highest BCUT2D eigenvalue weighted by atomic mass is 32.2. The molecule has 0 aliphatic heterocycles. The minimum Gasteiger partial charge on any atom is -0.456 e. The maximum absolute atomic E-state index is 6.11. The van der Waals surface area contributed by atoms with Crippen molar-refractivity contribution in [2.45, 2.75) is 9.79 Å². The van der Waals surface area contributed by atoms with Crippen LogP contribution >= 0.6 is 23.1 Å². The normalized spacial score (nSPS) is 10.6. The van der Waals surface area contributed by atoms with Crippen LogP contribution in [0.3, 0.4) is 0 Å². The molecule has 0 aliphatic rings. The van der Waals surface area contributed by atoms with Crippen molar-refractivity contribution in [2.75, 3.05) is 0 Å². The fraction of sp³-hybridized carbons (Fsp3) is 0. The summed E-state index contributed by atoms with van der Waals surface area (Å²) in [5.41, 5.74) is 1.21. The van der Waals surface area contributed by atoms with Gasteiger partial charge in [-0.05, 0) is 41.8 Å². The van der Waals surface area contributed by atoms with Crippen molar-refractivity contribution in [3.63, 3.8) is 0 Å². The first-order valence-electron chi connectivity index (χ1n) is 8.03. The molecule has 0 amide bonds. The van der Waals surface area contributed by atoms with Crippen LogP contribution < -0.4 is 4.74 Å². The molecule has 0 N–H and O–H groups in total. The molecule has 4 aromatic rings. The average Bonchev–Trinajstić information content (AvgIpc) is 3.12. The van der Waals surface area contributed by atoms with Crippen LogP contribution in [-0.2, 0) is 0 Å². The van der Waals surface area contributed by atoms with Crippen LogP contribution in [0.1, 0.15) is 0 Å². The first-order chi connectivity index (χ1) is 12.4. The van der Waals surface area contributed by atoms with Crippen LogP contribution in [-0.4, -0.2) is 0 Å². The van der Waals surface area contributed by atoms with Crippen molar-refractivity contribution in [2.24, 2.45) is 0 Å². The van der Waals surface area contributed by atoms with Gasteiger partial charge in [-0.3, -0.25) is 0 Å². The Morgan fingerprint density at radius 2 is 1.36 bits per heavy atom. The van der Waals surface area contributed by atoms with E-state index >= 15 is 0 Å². The number of benzene rings is 3. The number of rotatable bonds is 5. The van der Waals surface area contributed by atoms with Crippen LogP contribution in [0.25, 0.3) is 10.4 Å². The Hall–Kier alpha value is -2.49. The third-order valence-electron chi connectivity index (χ3n) is 3.70. The summed E-state index contributed by atoms with van der Waals surface area (Å²) in [5.74, 6) is 1.76. The molecule has 1 heterocycles. The molecule has 122 valence electrons. The zero-order chi connectivity index (χ0) is 16.9. The van der Waals surface area contributed by atoms with Crippen LogP contribution in [0.2, 0.25) is 0 Å². The van der Waals surface area contributed by atoms with Gasteiger partial charge in [0.05, 0.1) is 4.88 Å². The van der Waals surface area contributed by atoms with Crippen molar-refractivity contribution in [3.05, 3.63) is 96.4 Å². The van der Waals surface area contributed by atoms with Gasteiger partial charge in [0.2, 0.25) is 0 Å². The van der Waals surface area contributed by atoms with E-state index in [1.807, 2.05) is 42.5 Å². The fourth-order valence-corrected chi connectivity index (χ4v) is 4.45. The molecule has 0 fully saturated rings. The van der Waals surface area contributed by atoms with Crippen molar-refractivity contribution < 1.29 is 4.74 Å². The molecule has 0 unspecified atom stereocenters. The first-order valence-corrected chi connectivity index (χ1v) is 9.72. The SMILES string of the molecule is c1ccc(Oc2ccsc2-c2ccccc2Sc2ccccc2)cc1. The van der Waals surface area contributed by atoms with E-state index in [1.165, 1.54) is 15.4 Å². The molecule has 0 aliphatic carbocycles. The topological polar surface area (TPSA) is 9.23 Å².